The zero-order chi connectivity index (χ0) is 18.9. The molecule has 0 radical (unpaired) electrons. The van der Waals surface area contributed by atoms with Crippen molar-refractivity contribution in [3.05, 3.63) is 0 Å². The molecule has 0 saturated heterocycles. The van der Waals surface area contributed by atoms with E-state index in [0.717, 1.165) is 36.2 Å². The Balaban J connectivity index is 1.26. The summed E-state index contributed by atoms with van der Waals surface area (Å²) in [5.41, 5.74) is 0. The number of unbranched alkanes of at least 4 members (excludes halogenated alkanes) is 1. The molecular weight excluding hydrogens is 328 g/mol. The molecule has 27 heavy (non-hydrogen) atoms. The fourth-order valence-electron chi connectivity index (χ4n) is 6.54. The lowest BCUT2D eigenvalue weighted by atomic mass is 9.69. The highest BCUT2D eigenvalue weighted by Crippen LogP contribution is 2.42. The minimum atomic E-state index is 0.592. The Morgan fingerprint density at radius 1 is 0.556 bits per heavy atom. The SMILES string of the molecule is CCCCC1CCC(C2CCC(CO[C@H]3CC[C@H](CCC)CC3)CC2)CC1. The summed E-state index contributed by atoms with van der Waals surface area (Å²) in [5, 5.41) is 0. The van der Waals surface area contributed by atoms with Crippen molar-refractivity contribution in [2.24, 2.45) is 29.6 Å². The maximum Gasteiger partial charge on any atom is 0.0575 e. The van der Waals surface area contributed by atoms with Crippen molar-refractivity contribution in [1.82, 2.24) is 0 Å². The first-order chi connectivity index (χ1) is 13.3. The Hall–Kier alpha value is -0.0400. The van der Waals surface area contributed by atoms with Crippen LogP contribution in [0.25, 0.3) is 0 Å². The van der Waals surface area contributed by atoms with E-state index in [4.69, 9.17) is 4.74 Å². The van der Waals surface area contributed by atoms with E-state index in [1.165, 1.54) is 96.3 Å². The number of hydrogen-bond acceptors (Lipinski definition) is 1. The predicted octanol–water partition coefficient (Wildman–Crippen LogP) is 8.16. The van der Waals surface area contributed by atoms with Crippen LogP contribution in [-0.2, 0) is 4.74 Å². The molecule has 158 valence electrons. The van der Waals surface area contributed by atoms with Crippen LogP contribution in [0.4, 0.5) is 0 Å². The van der Waals surface area contributed by atoms with E-state index in [1.54, 1.807) is 12.8 Å². The van der Waals surface area contributed by atoms with Gasteiger partial charge in [0, 0.05) is 6.61 Å². The molecule has 1 heteroatoms. The third-order valence-electron chi connectivity index (χ3n) is 8.47. The van der Waals surface area contributed by atoms with E-state index >= 15 is 0 Å². The van der Waals surface area contributed by atoms with Crippen LogP contribution >= 0.6 is 0 Å². The van der Waals surface area contributed by atoms with Crippen molar-refractivity contribution in [2.75, 3.05) is 6.61 Å². The zero-order valence-electron chi connectivity index (χ0n) is 18.6. The number of ether oxygens (including phenoxy) is 1. The van der Waals surface area contributed by atoms with Crippen molar-refractivity contribution in [3.63, 3.8) is 0 Å². The molecule has 0 N–H and O–H groups in total. The van der Waals surface area contributed by atoms with Crippen molar-refractivity contribution in [2.45, 2.75) is 129 Å². The Morgan fingerprint density at radius 3 is 1.63 bits per heavy atom. The highest BCUT2D eigenvalue weighted by atomic mass is 16.5. The van der Waals surface area contributed by atoms with Gasteiger partial charge in [-0.15, -0.1) is 0 Å². The van der Waals surface area contributed by atoms with E-state index in [1.807, 2.05) is 0 Å². The molecule has 3 aliphatic rings. The maximum atomic E-state index is 6.38. The summed E-state index contributed by atoms with van der Waals surface area (Å²) in [5.74, 6) is 5.06. The predicted molar refractivity (Wildman–Crippen MR) is 117 cm³/mol. The van der Waals surface area contributed by atoms with Gasteiger partial charge < -0.3 is 4.74 Å². The Labute approximate surface area is 170 Å². The van der Waals surface area contributed by atoms with Gasteiger partial charge in [0.1, 0.15) is 0 Å². The molecule has 0 aromatic rings. The lowest BCUT2D eigenvalue weighted by Gasteiger charge is -2.38. The third kappa shape index (κ3) is 7.06. The summed E-state index contributed by atoms with van der Waals surface area (Å²) in [7, 11) is 0. The minimum absolute atomic E-state index is 0.592. The van der Waals surface area contributed by atoms with Gasteiger partial charge in [-0.1, -0.05) is 58.8 Å². The first-order valence-corrected chi connectivity index (χ1v) is 12.9. The van der Waals surface area contributed by atoms with Crippen LogP contribution in [-0.4, -0.2) is 12.7 Å². The van der Waals surface area contributed by atoms with Crippen molar-refractivity contribution >= 4 is 0 Å². The van der Waals surface area contributed by atoms with E-state index in [9.17, 15) is 0 Å². The molecule has 0 aromatic heterocycles. The van der Waals surface area contributed by atoms with E-state index < -0.39 is 0 Å². The van der Waals surface area contributed by atoms with Crippen molar-refractivity contribution < 1.29 is 4.74 Å². The average Bonchev–Trinajstić information content (AvgIpc) is 2.73. The second kappa shape index (κ2) is 11.8. The van der Waals surface area contributed by atoms with E-state index in [-0.39, 0.29) is 0 Å². The van der Waals surface area contributed by atoms with Crippen LogP contribution < -0.4 is 0 Å². The molecule has 0 unspecified atom stereocenters. The maximum absolute atomic E-state index is 6.38. The molecule has 0 heterocycles. The molecule has 0 spiro atoms. The monoisotopic (exact) mass is 376 g/mol. The quantitative estimate of drug-likeness (QED) is 0.394. The molecule has 0 aliphatic heterocycles. The molecule has 1 nitrogen and oxygen atoms in total. The Kier molecular flexibility index (Phi) is 9.50. The van der Waals surface area contributed by atoms with Crippen molar-refractivity contribution in [1.29, 1.82) is 0 Å². The summed E-state index contributed by atoms with van der Waals surface area (Å²) >= 11 is 0. The van der Waals surface area contributed by atoms with Gasteiger partial charge in [0.25, 0.3) is 0 Å². The van der Waals surface area contributed by atoms with Crippen LogP contribution in [0.2, 0.25) is 0 Å². The van der Waals surface area contributed by atoms with Crippen LogP contribution in [0, 0.1) is 29.6 Å². The fourth-order valence-corrected chi connectivity index (χ4v) is 6.54. The summed E-state index contributed by atoms with van der Waals surface area (Å²) in [4.78, 5) is 0. The summed E-state index contributed by atoms with van der Waals surface area (Å²) in [6.45, 7) is 5.74. The zero-order valence-corrected chi connectivity index (χ0v) is 18.6. The van der Waals surface area contributed by atoms with Gasteiger partial charge in [-0.05, 0) is 93.8 Å². The smallest absolute Gasteiger partial charge is 0.0575 e. The van der Waals surface area contributed by atoms with Gasteiger partial charge in [0.2, 0.25) is 0 Å². The van der Waals surface area contributed by atoms with Gasteiger partial charge >= 0.3 is 0 Å². The summed E-state index contributed by atoms with van der Waals surface area (Å²) < 4.78 is 6.38. The van der Waals surface area contributed by atoms with Gasteiger partial charge in [0.15, 0.2) is 0 Å². The first-order valence-electron chi connectivity index (χ1n) is 12.9. The molecule has 0 aromatic carbocycles. The average molecular weight is 377 g/mol. The van der Waals surface area contributed by atoms with Gasteiger partial charge in [-0.3, -0.25) is 0 Å². The van der Waals surface area contributed by atoms with Crippen molar-refractivity contribution in [3.8, 4) is 0 Å². The summed E-state index contributed by atoms with van der Waals surface area (Å²) in [6, 6.07) is 0. The van der Waals surface area contributed by atoms with Gasteiger partial charge in [-0.25, -0.2) is 0 Å². The molecule has 0 bridgehead atoms. The minimum Gasteiger partial charge on any atom is -0.378 e. The van der Waals surface area contributed by atoms with Crippen LogP contribution in [0.5, 0.6) is 0 Å². The second-order valence-electron chi connectivity index (χ2n) is 10.5. The largest absolute Gasteiger partial charge is 0.378 e. The molecule has 3 saturated carbocycles. The van der Waals surface area contributed by atoms with Gasteiger partial charge in [-0.2, -0.15) is 0 Å². The van der Waals surface area contributed by atoms with Gasteiger partial charge in [0.05, 0.1) is 6.10 Å². The highest BCUT2D eigenvalue weighted by Gasteiger charge is 2.31. The molecule has 0 amide bonds. The molecule has 0 atom stereocenters. The fraction of sp³-hybridized carbons (Fsp3) is 1.00. The topological polar surface area (TPSA) is 9.23 Å². The van der Waals surface area contributed by atoms with Crippen LogP contribution in [0.1, 0.15) is 123 Å². The standard InChI is InChI=1S/C26H48O/c1-3-5-7-22-8-14-24(15-9-22)25-16-10-23(11-17-25)20-27-26-18-12-21(6-4-2)13-19-26/h21-26H,3-20H2,1-2H3/t21-,22?,23?,24?,25?,26-. The molecule has 3 rings (SSSR count). The molecular formula is C26H48O. The number of rotatable bonds is 9. The third-order valence-corrected chi connectivity index (χ3v) is 8.47. The lowest BCUT2D eigenvalue weighted by Crippen LogP contribution is -2.29. The first kappa shape index (κ1) is 21.7. The normalized spacial score (nSPS) is 38.0. The number of hydrogen-bond donors (Lipinski definition) is 0. The molecule has 3 fully saturated rings. The highest BCUT2D eigenvalue weighted by molar-refractivity contribution is 4.82. The Bertz CT molecular complexity index is 368. The lowest BCUT2D eigenvalue weighted by molar-refractivity contribution is -0.0129. The Morgan fingerprint density at radius 2 is 1.07 bits per heavy atom. The molecule has 3 aliphatic carbocycles. The van der Waals surface area contributed by atoms with E-state index in [2.05, 4.69) is 13.8 Å². The van der Waals surface area contributed by atoms with Crippen LogP contribution in [0.3, 0.4) is 0 Å². The second-order valence-corrected chi connectivity index (χ2v) is 10.5. The summed E-state index contributed by atoms with van der Waals surface area (Å²) in [6.07, 6.45) is 25.3. The van der Waals surface area contributed by atoms with E-state index in [0.29, 0.717) is 6.10 Å². The van der Waals surface area contributed by atoms with Crippen LogP contribution in [0.15, 0.2) is 0 Å².